The number of thiocarbonyl (C=S) groups is 1. The highest BCUT2D eigenvalue weighted by Gasteiger charge is 2.21. The van der Waals surface area contributed by atoms with Crippen LogP contribution in [0, 0.1) is 0 Å². The van der Waals surface area contributed by atoms with Crippen LogP contribution in [0.3, 0.4) is 0 Å². The van der Waals surface area contributed by atoms with Crippen molar-refractivity contribution in [1.29, 1.82) is 0 Å². The van der Waals surface area contributed by atoms with Crippen molar-refractivity contribution in [2.45, 2.75) is 0 Å². The van der Waals surface area contributed by atoms with Gasteiger partial charge in [0.2, 0.25) is 0 Å². The minimum absolute atomic E-state index is 0.287. The third kappa shape index (κ3) is 3.43. The van der Waals surface area contributed by atoms with Crippen LogP contribution in [-0.4, -0.2) is 57.7 Å². The lowest BCUT2D eigenvalue weighted by molar-refractivity contribution is 0.122. The zero-order chi connectivity index (χ0) is 15.4. The highest BCUT2D eigenvalue weighted by molar-refractivity contribution is 7.80. The molecule has 0 amide bonds. The first-order valence-electron chi connectivity index (χ1n) is 7.60. The Balaban J connectivity index is 1.95. The van der Waals surface area contributed by atoms with Crippen molar-refractivity contribution in [1.82, 2.24) is 0 Å². The topological polar surface area (TPSA) is 63.0 Å². The second kappa shape index (κ2) is 7.13. The fourth-order valence-electron chi connectivity index (χ4n) is 2.92. The number of para-hydroxylation sites is 1. The number of ether oxygens (including phenoxy) is 2. The molecular formula is C15H22N4O2S. The molecular weight excluding hydrogens is 300 g/mol. The maximum Gasteiger partial charge on any atom is 0.168 e. The summed E-state index contributed by atoms with van der Waals surface area (Å²) in [4.78, 5) is 4.63. The number of rotatable bonds is 3. The van der Waals surface area contributed by atoms with Gasteiger partial charge in [-0.2, -0.15) is 0 Å². The highest BCUT2D eigenvalue weighted by Crippen LogP contribution is 2.36. The van der Waals surface area contributed by atoms with Crippen molar-refractivity contribution < 1.29 is 9.47 Å². The quantitative estimate of drug-likeness (QED) is 0.806. The molecule has 0 aliphatic carbocycles. The second-order valence-corrected chi connectivity index (χ2v) is 5.80. The van der Waals surface area contributed by atoms with E-state index in [-0.39, 0.29) is 5.11 Å². The Morgan fingerprint density at radius 1 is 0.955 bits per heavy atom. The number of nitrogens with zero attached hydrogens (tertiary/aromatic N) is 2. The van der Waals surface area contributed by atoms with Gasteiger partial charge in [0.1, 0.15) is 0 Å². The van der Waals surface area contributed by atoms with E-state index in [2.05, 4.69) is 33.3 Å². The van der Waals surface area contributed by atoms with Crippen LogP contribution < -0.4 is 20.9 Å². The molecule has 7 heteroatoms. The van der Waals surface area contributed by atoms with Crippen LogP contribution in [0.2, 0.25) is 0 Å². The fourth-order valence-corrected chi connectivity index (χ4v) is 3.02. The molecule has 2 aliphatic rings. The van der Waals surface area contributed by atoms with E-state index in [1.165, 1.54) is 0 Å². The first-order chi connectivity index (χ1) is 10.8. The van der Waals surface area contributed by atoms with E-state index < -0.39 is 0 Å². The maximum atomic E-state index is 5.76. The number of anilines is 3. The Morgan fingerprint density at radius 2 is 1.41 bits per heavy atom. The van der Waals surface area contributed by atoms with Crippen LogP contribution in [0.15, 0.2) is 18.2 Å². The van der Waals surface area contributed by atoms with Crippen molar-refractivity contribution in [3.63, 3.8) is 0 Å². The van der Waals surface area contributed by atoms with Gasteiger partial charge in [0.15, 0.2) is 5.11 Å². The van der Waals surface area contributed by atoms with Gasteiger partial charge in [0.05, 0.1) is 43.5 Å². The Kier molecular flexibility index (Phi) is 4.97. The third-order valence-electron chi connectivity index (χ3n) is 3.97. The van der Waals surface area contributed by atoms with Crippen LogP contribution in [0.4, 0.5) is 17.1 Å². The molecule has 2 fully saturated rings. The first kappa shape index (κ1) is 15.3. The van der Waals surface area contributed by atoms with Gasteiger partial charge in [-0.05, 0) is 24.4 Å². The van der Waals surface area contributed by atoms with Crippen LogP contribution in [0.1, 0.15) is 0 Å². The average molecular weight is 322 g/mol. The van der Waals surface area contributed by atoms with Crippen LogP contribution in [-0.2, 0) is 9.47 Å². The molecule has 2 saturated heterocycles. The Morgan fingerprint density at radius 3 is 1.82 bits per heavy atom. The lowest BCUT2D eigenvalue weighted by atomic mass is 10.1. The molecule has 120 valence electrons. The summed E-state index contributed by atoms with van der Waals surface area (Å²) in [6.07, 6.45) is 0. The Hall–Kier alpha value is -1.57. The number of nitrogens with two attached hydrogens (primary N) is 1. The molecule has 6 nitrogen and oxygen atoms in total. The summed E-state index contributed by atoms with van der Waals surface area (Å²) in [7, 11) is 0. The Bertz CT molecular complexity index is 492. The van der Waals surface area contributed by atoms with Gasteiger partial charge in [0.25, 0.3) is 0 Å². The van der Waals surface area contributed by atoms with Gasteiger partial charge in [-0.25, -0.2) is 0 Å². The van der Waals surface area contributed by atoms with Crippen molar-refractivity contribution in [3.05, 3.63) is 18.2 Å². The predicted octanol–water partition coefficient (Wildman–Crippen LogP) is 1.02. The van der Waals surface area contributed by atoms with Crippen LogP contribution in [0.5, 0.6) is 0 Å². The molecule has 0 unspecified atom stereocenters. The molecule has 22 heavy (non-hydrogen) atoms. The summed E-state index contributed by atoms with van der Waals surface area (Å²) in [5, 5.41) is 3.47. The molecule has 0 spiro atoms. The van der Waals surface area contributed by atoms with E-state index in [1.54, 1.807) is 0 Å². The summed E-state index contributed by atoms with van der Waals surface area (Å²) in [5.74, 6) is 0. The monoisotopic (exact) mass is 322 g/mol. The van der Waals surface area contributed by atoms with Crippen molar-refractivity contribution in [2.75, 3.05) is 67.7 Å². The predicted molar refractivity (Wildman–Crippen MR) is 92.9 cm³/mol. The van der Waals surface area contributed by atoms with Crippen molar-refractivity contribution in [3.8, 4) is 0 Å². The zero-order valence-electron chi connectivity index (χ0n) is 12.6. The molecule has 3 rings (SSSR count). The summed E-state index contributed by atoms with van der Waals surface area (Å²) in [6, 6.07) is 6.30. The molecule has 0 radical (unpaired) electrons. The van der Waals surface area contributed by atoms with Gasteiger partial charge < -0.3 is 30.3 Å². The SMILES string of the molecule is NC(=S)Nc1c(N2CCOCC2)cccc1N1CCOCC1. The minimum Gasteiger partial charge on any atom is -0.378 e. The van der Waals surface area contributed by atoms with E-state index in [9.17, 15) is 0 Å². The molecule has 1 aromatic rings. The van der Waals surface area contributed by atoms with Gasteiger partial charge >= 0.3 is 0 Å². The highest BCUT2D eigenvalue weighted by atomic mass is 32.1. The number of morpholine rings is 2. The first-order valence-corrected chi connectivity index (χ1v) is 8.01. The fraction of sp³-hybridized carbons (Fsp3) is 0.533. The van der Waals surface area contributed by atoms with E-state index in [0.29, 0.717) is 0 Å². The Labute approximate surface area is 136 Å². The number of benzene rings is 1. The number of hydrogen-bond donors (Lipinski definition) is 2. The largest absolute Gasteiger partial charge is 0.378 e. The molecule has 0 bridgehead atoms. The van der Waals surface area contributed by atoms with Gasteiger partial charge in [-0.1, -0.05) is 6.07 Å². The van der Waals surface area contributed by atoms with Crippen molar-refractivity contribution in [2.24, 2.45) is 5.73 Å². The lowest BCUT2D eigenvalue weighted by Crippen LogP contribution is -2.39. The smallest absolute Gasteiger partial charge is 0.168 e. The molecule has 0 atom stereocenters. The van der Waals surface area contributed by atoms with Gasteiger partial charge in [0, 0.05) is 26.2 Å². The minimum atomic E-state index is 0.287. The van der Waals surface area contributed by atoms with Crippen LogP contribution in [0.25, 0.3) is 0 Å². The van der Waals surface area contributed by atoms with Gasteiger partial charge in [-0.15, -0.1) is 0 Å². The molecule has 2 aliphatic heterocycles. The van der Waals surface area contributed by atoms with E-state index in [1.807, 2.05) is 0 Å². The standard InChI is InChI=1S/C15H22N4O2S/c16-15(22)17-14-12(18-4-8-20-9-5-18)2-1-3-13(14)19-6-10-21-11-7-19/h1-3H,4-11H2,(H3,16,17,22). The average Bonchev–Trinajstić information content (AvgIpc) is 2.56. The molecule has 3 N–H and O–H groups in total. The molecule has 1 aromatic carbocycles. The summed E-state index contributed by atoms with van der Waals surface area (Å²) in [6.45, 7) is 6.47. The second-order valence-electron chi connectivity index (χ2n) is 5.36. The van der Waals surface area contributed by atoms with Crippen LogP contribution >= 0.6 is 12.2 Å². The third-order valence-corrected chi connectivity index (χ3v) is 4.07. The normalized spacial score (nSPS) is 19.1. The summed E-state index contributed by atoms with van der Waals surface area (Å²) < 4.78 is 10.9. The number of hydrogen-bond acceptors (Lipinski definition) is 5. The molecule has 0 saturated carbocycles. The van der Waals surface area contributed by atoms with E-state index >= 15 is 0 Å². The summed E-state index contributed by atoms with van der Waals surface area (Å²) in [5.41, 5.74) is 8.99. The zero-order valence-corrected chi connectivity index (χ0v) is 13.4. The van der Waals surface area contributed by atoms with Crippen molar-refractivity contribution >= 4 is 34.4 Å². The molecule has 0 aromatic heterocycles. The molecule has 2 heterocycles. The lowest BCUT2D eigenvalue weighted by Gasteiger charge is -2.35. The van der Waals surface area contributed by atoms with E-state index in [0.717, 1.165) is 69.7 Å². The maximum absolute atomic E-state index is 5.76. The van der Waals surface area contributed by atoms with Gasteiger partial charge in [-0.3, -0.25) is 0 Å². The van der Waals surface area contributed by atoms with E-state index in [4.69, 9.17) is 27.4 Å². The summed E-state index contributed by atoms with van der Waals surface area (Å²) >= 11 is 5.08. The number of nitrogens with one attached hydrogen (secondary N) is 1.